The number of rotatable bonds is 2. The van der Waals surface area contributed by atoms with Gasteiger partial charge in [-0.25, -0.2) is 44.7 Å². The van der Waals surface area contributed by atoms with Crippen molar-refractivity contribution in [2.45, 2.75) is 9.79 Å². The van der Waals surface area contributed by atoms with Gasteiger partial charge in [0.05, 0.1) is 0 Å². The second kappa shape index (κ2) is 17.6. The third-order valence-electron chi connectivity index (χ3n) is 3.99. The van der Waals surface area contributed by atoms with E-state index >= 15 is 0 Å². The van der Waals surface area contributed by atoms with Gasteiger partial charge in [0.2, 0.25) is 0 Å². The Balaban J connectivity index is 0.000000537. The number of carbonyl (C=O) groups is 2. The third-order valence-corrected chi connectivity index (χ3v) is 4.70. The zero-order chi connectivity index (χ0) is 29.2. The van der Waals surface area contributed by atoms with Crippen LogP contribution in [-0.4, -0.2) is 22.2 Å². The molecule has 2 aliphatic rings. The maximum Gasteiger partial charge on any atom is 4.00 e. The Morgan fingerprint density at radius 2 is 0.590 bits per heavy atom. The summed E-state index contributed by atoms with van der Waals surface area (Å²) >= 11 is 7.99. The molecule has 10 radical (unpaired) electrons. The van der Waals surface area contributed by atoms with Gasteiger partial charge in [-0.05, 0) is 64.2 Å². The van der Waals surface area contributed by atoms with Gasteiger partial charge in [0.25, 0.3) is 0 Å². The zero-order valence-corrected chi connectivity index (χ0v) is 22.4. The van der Waals surface area contributed by atoms with E-state index in [1.807, 2.05) is 64.2 Å². The molecule has 0 spiro atoms. The Kier molecular flexibility index (Phi) is 16.7. The van der Waals surface area contributed by atoms with Crippen LogP contribution in [0.3, 0.4) is 0 Å². The predicted octanol–water partition coefficient (Wildman–Crippen LogP) is 5.73. The molecule has 4 rings (SSSR count). The molecule has 0 atom stereocenters. The average molecular weight is 676 g/mol. The fourth-order valence-corrected chi connectivity index (χ4v) is 2.60. The van der Waals surface area contributed by atoms with Crippen molar-refractivity contribution in [1.29, 1.82) is 0 Å². The fourth-order valence-electron chi connectivity index (χ4n) is 2.24. The quantitative estimate of drug-likeness (QED) is 0.183. The average Bonchev–Trinajstić information content (AvgIpc) is 3.63. The van der Waals surface area contributed by atoms with Crippen LogP contribution in [0.15, 0.2) is 9.79 Å². The van der Waals surface area contributed by atoms with Crippen LogP contribution < -0.4 is 0 Å². The smallest absolute Gasteiger partial charge is 0.774 e. The Morgan fingerprint density at radius 1 is 0.436 bits per heavy atom. The zero-order valence-electron chi connectivity index (χ0n) is 18.7. The summed E-state index contributed by atoms with van der Waals surface area (Å²) in [4.78, 5) is 17.8. The predicted molar refractivity (Wildman–Crippen MR) is 121 cm³/mol. The molecule has 0 unspecified atom stereocenters. The summed E-state index contributed by atoms with van der Waals surface area (Å²) in [6, 6.07) is 0. The largest absolute Gasteiger partial charge is 4.00 e. The Morgan fingerprint density at radius 3 is 0.718 bits per heavy atom. The summed E-state index contributed by atoms with van der Waals surface area (Å²) < 4.78 is 101. The van der Waals surface area contributed by atoms with Crippen molar-refractivity contribution in [1.82, 2.24) is 0 Å². The molecule has 2 fully saturated rings. The molecule has 2 aromatic carbocycles. The first kappa shape index (κ1) is 36.9. The Bertz CT molecular complexity index is 997. The number of benzene rings is 2. The van der Waals surface area contributed by atoms with E-state index in [1.54, 1.807) is 0 Å². The minimum Gasteiger partial charge on any atom is -0.774 e. The minimum atomic E-state index is -2.10. The number of hydrogen-bond donors (Lipinski definition) is 2. The van der Waals surface area contributed by atoms with Crippen LogP contribution in [0, 0.1) is 111 Å². The van der Waals surface area contributed by atoms with E-state index in [0.717, 1.165) is 0 Å². The van der Waals surface area contributed by atoms with Crippen molar-refractivity contribution >= 4 is 37.2 Å². The summed E-state index contributed by atoms with van der Waals surface area (Å²) in [5, 5.41) is 16.5. The maximum absolute atomic E-state index is 12.7. The van der Waals surface area contributed by atoms with E-state index in [4.69, 9.17) is 10.2 Å². The third kappa shape index (κ3) is 10.1. The Labute approximate surface area is 244 Å². The van der Waals surface area contributed by atoms with Crippen molar-refractivity contribution in [2.24, 2.45) is 0 Å². The first-order valence-electron chi connectivity index (χ1n) is 9.61. The van der Waals surface area contributed by atoms with Crippen LogP contribution in [0.2, 0.25) is 0 Å². The Hall–Kier alpha value is -2.05. The van der Waals surface area contributed by atoms with Gasteiger partial charge in [-0.3, -0.25) is 0 Å². The number of halogens is 8. The molecule has 2 saturated carbocycles. The SMILES string of the molecule is O=C(O)c1c(F)c(F)c([S-])c(F)c1F.O=C(O)c1c(F)c(F)c([S-])c(F)c1F.[CH]1[CH][CH][CH][CH]1.[CH]1[CH][CH][CH][CH]1.[Mo+4]. The van der Waals surface area contributed by atoms with Gasteiger partial charge in [-0.15, -0.1) is 0 Å². The van der Waals surface area contributed by atoms with Gasteiger partial charge in [-0.2, -0.15) is 0 Å². The molecule has 2 aromatic rings. The molecule has 39 heavy (non-hydrogen) atoms. The molecular weight excluding hydrogens is 664 g/mol. The van der Waals surface area contributed by atoms with Crippen LogP contribution in [0.25, 0.3) is 0 Å². The summed E-state index contributed by atoms with van der Waals surface area (Å²) in [6.07, 6.45) is 20.0. The number of carboxylic acid groups (broad SMARTS) is 2. The normalized spacial score (nSPS) is 13.5. The molecule has 2 N–H and O–H groups in total. The second-order valence-electron chi connectivity index (χ2n) is 6.45. The summed E-state index contributed by atoms with van der Waals surface area (Å²) in [5.74, 6) is -19.7. The molecule has 0 aromatic heterocycles. The van der Waals surface area contributed by atoms with Crippen LogP contribution >= 0.6 is 0 Å². The van der Waals surface area contributed by atoms with Gasteiger partial charge >= 0.3 is 33.0 Å². The monoisotopic (exact) mass is 678 g/mol. The van der Waals surface area contributed by atoms with Crippen LogP contribution in [0.5, 0.6) is 0 Å². The first-order chi connectivity index (χ1) is 17.7. The van der Waals surface area contributed by atoms with Gasteiger partial charge in [0.1, 0.15) is 34.4 Å². The topological polar surface area (TPSA) is 74.6 Å². The van der Waals surface area contributed by atoms with Crippen LogP contribution in [0.4, 0.5) is 35.1 Å². The number of aromatic carboxylic acids is 2. The van der Waals surface area contributed by atoms with Crippen LogP contribution in [0.1, 0.15) is 20.7 Å². The van der Waals surface area contributed by atoms with Gasteiger partial charge < -0.3 is 35.5 Å². The van der Waals surface area contributed by atoms with Crippen LogP contribution in [-0.2, 0) is 46.3 Å². The van der Waals surface area contributed by atoms with Crippen molar-refractivity contribution in [2.75, 3.05) is 0 Å². The van der Waals surface area contributed by atoms with Crippen molar-refractivity contribution in [3.8, 4) is 0 Å². The molecule has 0 heterocycles. The maximum atomic E-state index is 12.7. The molecule has 0 amide bonds. The molecule has 0 saturated heterocycles. The van der Waals surface area contributed by atoms with E-state index in [-0.39, 0.29) is 21.1 Å². The van der Waals surface area contributed by atoms with E-state index in [0.29, 0.717) is 0 Å². The number of carboxylic acids is 2. The van der Waals surface area contributed by atoms with Crippen molar-refractivity contribution < 1.29 is 76.0 Å². The first-order valence-corrected chi connectivity index (χ1v) is 10.4. The van der Waals surface area contributed by atoms with E-state index in [9.17, 15) is 44.7 Å². The fraction of sp³-hybridized carbons (Fsp3) is 0. The number of hydrogen-bond acceptors (Lipinski definition) is 4. The molecule has 0 aliphatic heterocycles. The van der Waals surface area contributed by atoms with Crippen molar-refractivity contribution in [3.63, 3.8) is 0 Å². The molecule has 0 bridgehead atoms. The summed E-state index contributed by atoms with van der Waals surface area (Å²) in [7, 11) is 0. The van der Waals surface area contributed by atoms with Gasteiger partial charge in [-0.1, -0.05) is 9.79 Å². The summed E-state index contributed by atoms with van der Waals surface area (Å²) in [6.45, 7) is 0. The standard InChI is InChI=1S/2C7H2F4O2S.2C5H5.Mo/c2*8-2-1(7(12)13)3(9)5(11)6(14)4(2)10;2*1-2-4-5-3-1;/h2*14H,(H,12,13);2*1-5H;/q;;;;+4/p-2. The second-order valence-corrected chi connectivity index (χ2v) is 7.27. The van der Waals surface area contributed by atoms with E-state index < -0.39 is 79.4 Å². The van der Waals surface area contributed by atoms with E-state index in [1.165, 1.54) is 0 Å². The minimum absolute atomic E-state index is 0. The molecule has 204 valence electrons. The van der Waals surface area contributed by atoms with Crippen molar-refractivity contribution in [3.05, 3.63) is 122 Å². The molecule has 4 nitrogen and oxygen atoms in total. The van der Waals surface area contributed by atoms with Gasteiger partial charge in [0.15, 0.2) is 23.3 Å². The molecular formula is C24H12F8MoO4S2+2. The van der Waals surface area contributed by atoms with Gasteiger partial charge in [0, 0.05) is 0 Å². The molecule has 2 aliphatic carbocycles. The van der Waals surface area contributed by atoms with E-state index in [2.05, 4.69) is 25.3 Å². The summed E-state index contributed by atoms with van der Waals surface area (Å²) in [5.41, 5.74) is -3.37. The molecule has 15 heteroatoms.